The third-order valence-corrected chi connectivity index (χ3v) is 4.77. The van der Waals surface area contributed by atoms with Crippen molar-refractivity contribution < 1.29 is 4.79 Å². The summed E-state index contributed by atoms with van der Waals surface area (Å²) in [6, 6.07) is 10.3. The van der Waals surface area contributed by atoms with E-state index in [-0.39, 0.29) is 5.91 Å². The van der Waals surface area contributed by atoms with Crippen LogP contribution in [0.2, 0.25) is 0 Å². The van der Waals surface area contributed by atoms with Gasteiger partial charge in [0.05, 0.1) is 18.8 Å². The van der Waals surface area contributed by atoms with E-state index in [4.69, 9.17) is 0 Å². The fourth-order valence-electron chi connectivity index (χ4n) is 3.32. The third-order valence-electron chi connectivity index (χ3n) is 4.77. The molecule has 0 spiro atoms. The molecule has 0 radical (unpaired) electrons. The highest BCUT2D eigenvalue weighted by atomic mass is 16.2. The average molecular weight is 365 g/mol. The van der Waals surface area contributed by atoms with E-state index in [1.165, 1.54) is 0 Å². The van der Waals surface area contributed by atoms with Crippen LogP contribution in [0, 0.1) is 0 Å². The Bertz CT molecular complexity index is 881. The second kappa shape index (κ2) is 8.13. The second-order valence-corrected chi connectivity index (χ2v) is 6.77. The lowest BCUT2D eigenvalue weighted by molar-refractivity contribution is 0.0946. The summed E-state index contributed by atoms with van der Waals surface area (Å²) in [6.07, 6.45) is 7.46. The molecule has 1 aromatic carbocycles. The zero-order valence-electron chi connectivity index (χ0n) is 15.1. The van der Waals surface area contributed by atoms with Gasteiger partial charge in [0.1, 0.15) is 0 Å². The minimum Gasteiger partial charge on any atom is -0.347 e. The van der Waals surface area contributed by atoms with Crippen molar-refractivity contribution in [3.05, 3.63) is 65.7 Å². The molecule has 3 aromatic rings. The Morgan fingerprint density at radius 2 is 2.07 bits per heavy atom. The Morgan fingerprint density at radius 1 is 1.22 bits per heavy atom. The highest BCUT2D eigenvalue weighted by Gasteiger charge is 2.18. The topological polar surface area (TPSA) is 89.7 Å². The monoisotopic (exact) mass is 365 g/mol. The predicted molar refractivity (Wildman–Crippen MR) is 100 cm³/mol. The molecule has 1 amide bonds. The molecule has 0 unspecified atom stereocenters. The molecule has 0 saturated carbocycles. The van der Waals surface area contributed by atoms with Crippen LogP contribution in [0.15, 0.2) is 48.9 Å². The van der Waals surface area contributed by atoms with Gasteiger partial charge in [0.25, 0.3) is 5.91 Å². The van der Waals surface area contributed by atoms with E-state index >= 15 is 0 Å². The van der Waals surface area contributed by atoms with E-state index < -0.39 is 0 Å². The fraction of sp³-hybridized carbons (Fsp3) is 0.368. The van der Waals surface area contributed by atoms with Crippen molar-refractivity contribution in [2.75, 3.05) is 13.1 Å². The van der Waals surface area contributed by atoms with Gasteiger partial charge < -0.3 is 10.6 Å². The van der Waals surface area contributed by atoms with Crippen molar-refractivity contribution >= 4 is 5.91 Å². The molecule has 0 bridgehead atoms. The largest absolute Gasteiger partial charge is 0.347 e. The van der Waals surface area contributed by atoms with E-state index in [0.29, 0.717) is 24.8 Å². The molecule has 2 N–H and O–H groups in total. The van der Waals surface area contributed by atoms with Gasteiger partial charge in [0.15, 0.2) is 5.69 Å². The molecular weight excluding hydrogens is 342 g/mol. The lowest BCUT2D eigenvalue weighted by atomic mass is 10.1. The lowest BCUT2D eigenvalue weighted by Crippen LogP contribution is -2.29. The maximum atomic E-state index is 12.4. The van der Waals surface area contributed by atoms with Crippen LogP contribution in [0.3, 0.4) is 0 Å². The smallest absolute Gasteiger partial charge is 0.273 e. The first-order valence-corrected chi connectivity index (χ1v) is 9.24. The Morgan fingerprint density at radius 3 is 2.89 bits per heavy atom. The van der Waals surface area contributed by atoms with E-state index in [1.54, 1.807) is 12.4 Å². The first-order chi connectivity index (χ1) is 13.3. The molecule has 1 aliphatic heterocycles. The first-order valence-electron chi connectivity index (χ1n) is 9.24. The van der Waals surface area contributed by atoms with Crippen LogP contribution >= 0.6 is 0 Å². The van der Waals surface area contributed by atoms with Crippen molar-refractivity contribution in [3.8, 4) is 0 Å². The summed E-state index contributed by atoms with van der Waals surface area (Å²) >= 11 is 0. The number of nitrogens with zero attached hydrogens (tertiary/aromatic N) is 5. The zero-order valence-corrected chi connectivity index (χ0v) is 15.1. The third kappa shape index (κ3) is 4.40. The van der Waals surface area contributed by atoms with E-state index in [9.17, 15) is 4.79 Å². The van der Waals surface area contributed by atoms with Crippen LogP contribution in [0.5, 0.6) is 0 Å². The fourth-order valence-corrected chi connectivity index (χ4v) is 3.32. The molecule has 1 fully saturated rings. The van der Waals surface area contributed by atoms with Crippen LogP contribution in [0.4, 0.5) is 0 Å². The van der Waals surface area contributed by atoms with Gasteiger partial charge in [0, 0.05) is 18.9 Å². The molecule has 0 atom stereocenters. The summed E-state index contributed by atoms with van der Waals surface area (Å²) in [5, 5.41) is 18.7. The average Bonchev–Trinajstić information content (AvgIpc) is 3.39. The molecule has 3 heterocycles. The quantitative estimate of drug-likeness (QED) is 0.689. The van der Waals surface area contributed by atoms with Gasteiger partial charge in [-0.2, -0.15) is 5.10 Å². The Hall–Kier alpha value is -3.00. The first kappa shape index (κ1) is 17.4. The summed E-state index contributed by atoms with van der Waals surface area (Å²) in [6.45, 7) is 3.10. The number of hydrogen-bond acceptors (Lipinski definition) is 5. The Balaban J connectivity index is 1.34. The van der Waals surface area contributed by atoms with Crippen LogP contribution in [-0.4, -0.2) is 43.8 Å². The minimum absolute atomic E-state index is 0.201. The molecule has 1 saturated heterocycles. The van der Waals surface area contributed by atoms with Crippen molar-refractivity contribution in [2.45, 2.75) is 32.0 Å². The van der Waals surface area contributed by atoms with E-state index in [1.807, 2.05) is 33.8 Å². The summed E-state index contributed by atoms with van der Waals surface area (Å²) < 4.78 is 3.69. The number of carbonyl (C=O) groups excluding carboxylic acids is 1. The number of piperidine rings is 1. The van der Waals surface area contributed by atoms with Crippen molar-refractivity contribution in [3.63, 3.8) is 0 Å². The summed E-state index contributed by atoms with van der Waals surface area (Å²) in [4.78, 5) is 12.4. The van der Waals surface area contributed by atoms with Gasteiger partial charge in [-0.05, 0) is 43.1 Å². The number of carbonyl (C=O) groups is 1. The molecule has 4 rings (SSSR count). The van der Waals surface area contributed by atoms with Crippen LogP contribution in [-0.2, 0) is 13.1 Å². The van der Waals surface area contributed by atoms with Crippen LogP contribution in [0.1, 0.15) is 40.5 Å². The van der Waals surface area contributed by atoms with Crippen molar-refractivity contribution in [1.82, 2.24) is 35.4 Å². The summed E-state index contributed by atoms with van der Waals surface area (Å²) in [5.41, 5.74) is 2.54. The van der Waals surface area contributed by atoms with Gasteiger partial charge in [-0.25, -0.2) is 4.68 Å². The van der Waals surface area contributed by atoms with Gasteiger partial charge in [-0.1, -0.05) is 29.5 Å². The normalized spacial score (nSPS) is 15.0. The van der Waals surface area contributed by atoms with Gasteiger partial charge >= 0.3 is 0 Å². The van der Waals surface area contributed by atoms with Gasteiger partial charge in [-0.3, -0.25) is 9.48 Å². The van der Waals surface area contributed by atoms with E-state index in [2.05, 4.69) is 38.2 Å². The standard InChI is InChI=1S/C19H23N7O/c27-19(18-14-26(24-23-18)17-5-8-20-9-6-17)21-12-15-3-1-4-16(11-15)13-25-10-2-7-22-25/h1-4,7,10-11,14,17,20H,5-6,8-9,12-13H2,(H,21,27). The molecule has 1 aliphatic rings. The maximum absolute atomic E-state index is 12.4. The van der Waals surface area contributed by atoms with E-state index in [0.717, 1.165) is 37.1 Å². The summed E-state index contributed by atoms with van der Waals surface area (Å²) in [5.74, 6) is -0.201. The molecule has 0 aliphatic carbocycles. The summed E-state index contributed by atoms with van der Waals surface area (Å²) in [7, 11) is 0. The van der Waals surface area contributed by atoms with Crippen LogP contribution < -0.4 is 10.6 Å². The molecule has 140 valence electrons. The lowest BCUT2D eigenvalue weighted by Gasteiger charge is -2.22. The number of aromatic nitrogens is 5. The predicted octanol–water partition coefficient (Wildman–Crippen LogP) is 1.38. The SMILES string of the molecule is O=C(NCc1cccc(Cn2cccn2)c1)c1cn(C2CCNCC2)nn1. The molecule has 27 heavy (non-hydrogen) atoms. The van der Waals surface area contributed by atoms with Gasteiger partial charge in [-0.15, -0.1) is 5.10 Å². The van der Waals surface area contributed by atoms with Crippen molar-refractivity contribution in [2.24, 2.45) is 0 Å². The number of hydrogen-bond donors (Lipinski definition) is 2. The van der Waals surface area contributed by atoms with Crippen LogP contribution in [0.25, 0.3) is 0 Å². The minimum atomic E-state index is -0.201. The molecule has 8 nitrogen and oxygen atoms in total. The zero-order chi connectivity index (χ0) is 18.5. The molecular formula is C19H23N7O. The Kier molecular flexibility index (Phi) is 5.24. The Labute approximate surface area is 157 Å². The number of benzene rings is 1. The molecule has 2 aromatic heterocycles. The number of nitrogens with one attached hydrogen (secondary N) is 2. The van der Waals surface area contributed by atoms with Crippen molar-refractivity contribution in [1.29, 1.82) is 0 Å². The van der Waals surface area contributed by atoms with Gasteiger partial charge in [0.2, 0.25) is 0 Å². The number of rotatable bonds is 6. The second-order valence-electron chi connectivity index (χ2n) is 6.77. The maximum Gasteiger partial charge on any atom is 0.273 e. The highest BCUT2D eigenvalue weighted by Crippen LogP contribution is 2.17. The number of amides is 1. The highest BCUT2D eigenvalue weighted by molar-refractivity contribution is 5.91. The molecule has 8 heteroatoms.